The van der Waals surface area contributed by atoms with E-state index in [1.165, 1.54) is 30.5 Å². The molecule has 1 heterocycles. The van der Waals surface area contributed by atoms with E-state index in [9.17, 15) is 14.9 Å². The molecule has 0 aliphatic rings. The quantitative estimate of drug-likeness (QED) is 0.644. The summed E-state index contributed by atoms with van der Waals surface area (Å²) >= 11 is 0. The Kier molecular flexibility index (Phi) is 3.37. The number of nitrogen functional groups attached to an aromatic ring is 1. The lowest BCUT2D eigenvalue weighted by Gasteiger charge is -2.04. The highest BCUT2D eigenvalue weighted by Gasteiger charge is 2.11. The largest absolute Gasteiger partial charge is 0.384 e. The summed E-state index contributed by atoms with van der Waals surface area (Å²) in [5.74, 6) is -0.108. The summed E-state index contributed by atoms with van der Waals surface area (Å²) in [5.41, 5.74) is 5.95. The number of pyridine rings is 1. The van der Waals surface area contributed by atoms with Gasteiger partial charge in [-0.1, -0.05) is 6.07 Å². The second-order valence-electron chi connectivity index (χ2n) is 3.73. The van der Waals surface area contributed by atoms with Crippen molar-refractivity contribution < 1.29 is 9.72 Å². The average molecular weight is 258 g/mol. The van der Waals surface area contributed by atoms with Crippen LogP contribution in [0.25, 0.3) is 0 Å². The van der Waals surface area contributed by atoms with E-state index in [4.69, 9.17) is 5.73 Å². The average Bonchev–Trinajstić information content (AvgIpc) is 2.41. The Labute approximate surface area is 108 Å². The third-order valence-corrected chi connectivity index (χ3v) is 2.36. The minimum absolute atomic E-state index is 0.136. The van der Waals surface area contributed by atoms with Crippen molar-refractivity contribution in [1.29, 1.82) is 0 Å². The Hall–Kier alpha value is -2.96. The summed E-state index contributed by atoms with van der Waals surface area (Å²) in [6.07, 6.45) is 1.41. The van der Waals surface area contributed by atoms with Gasteiger partial charge in [0.05, 0.1) is 16.8 Å². The number of non-ortho nitro benzene ring substituents is 1. The van der Waals surface area contributed by atoms with Crippen LogP contribution in [-0.2, 0) is 0 Å². The molecule has 0 spiro atoms. The lowest BCUT2D eigenvalue weighted by Crippen LogP contribution is -2.12. The summed E-state index contributed by atoms with van der Waals surface area (Å²) in [5, 5.41) is 13.2. The van der Waals surface area contributed by atoms with E-state index >= 15 is 0 Å². The van der Waals surface area contributed by atoms with Gasteiger partial charge >= 0.3 is 0 Å². The molecule has 2 rings (SSSR count). The molecule has 0 saturated heterocycles. The van der Waals surface area contributed by atoms with Gasteiger partial charge in [-0.25, -0.2) is 4.98 Å². The van der Waals surface area contributed by atoms with Gasteiger partial charge < -0.3 is 11.1 Å². The zero-order valence-electron chi connectivity index (χ0n) is 9.74. The molecule has 0 saturated carbocycles. The molecular weight excluding hydrogens is 248 g/mol. The summed E-state index contributed by atoms with van der Waals surface area (Å²) in [7, 11) is 0. The molecule has 0 bridgehead atoms. The lowest BCUT2D eigenvalue weighted by atomic mass is 10.2. The number of rotatable bonds is 3. The number of nitro groups is 1. The standard InChI is InChI=1S/C12H10N4O3/c13-11-5-4-9(7-14-11)15-12(17)8-2-1-3-10(6-8)16(18)19/h1-7H,(H2,13,14)(H,15,17). The molecule has 2 aromatic rings. The number of amides is 1. The lowest BCUT2D eigenvalue weighted by molar-refractivity contribution is -0.384. The van der Waals surface area contributed by atoms with Crippen LogP contribution in [0.4, 0.5) is 17.2 Å². The molecule has 0 unspecified atom stereocenters. The number of carbonyl (C=O) groups is 1. The molecule has 0 radical (unpaired) electrons. The van der Waals surface area contributed by atoms with E-state index in [-0.39, 0.29) is 11.3 Å². The maximum atomic E-state index is 11.9. The first-order valence-corrected chi connectivity index (χ1v) is 5.33. The monoisotopic (exact) mass is 258 g/mol. The Morgan fingerprint density at radius 1 is 1.32 bits per heavy atom. The highest BCUT2D eigenvalue weighted by molar-refractivity contribution is 6.04. The smallest absolute Gasteiger partial charge is 0.270 e. The number of benzene rings is 1. The van der Waals surface area contributed by atoms with Crippen molar-refractivity contribution in [2.45, 2.75) is 0 Å². The van der Waals surface area contributed by atoms with Gasteiger partial charge in [-0.2, -0.15) is 0 Å². The number of nitrogens with zero attached hydrogens (tertiary/aromatic N) is 2. The fourth-order valence-electron chi connectivity index (χ4n) is 1.44. The highest BCUT2D eigenvalue weighted by atomic mass is 16.6. The van der Waals surface area contributed by atoms with E-state index < -0.39 is 10.8 Å². The number of nitrogens with one attached hydrogen (secondary N) is 1. The normalized spacial score (nSPS) is 9.89. The predicted octanol–water partition coefficient (Wildman–Crippen LogP) is 1.82. The van der Waals surface area contributed by atoms with Gasteiger partial charge in [0, 0.05) is 17.7 Å². The zero-order chi connectivity index (χ0) is 13.8. The van der Waals surface area contributed by atoms with Crippen LogP contribution in [0.1, 0.15) is 10.4 Å². The first kappa shape index (κ1) is 12.5. The van der Waals surface area contributed by atoms with E-state index in [2.05, 4.69) is 10.3 Å². The van der Waals surface area contributed by atoms with Crippen LogP contribution < -0.4 is 11.1 Å². The maximum absolute atomic E-state index is 11.9. The van der Waals surface area contributed by atoms with Crippen LogP contribution in [0.2, 0.25) is 0 Å². The molecule has 0 fully saturated rings. The second kappa shape index (κ2) is 5.13. The molecule has 96 valence electrons. The molecule has 1 aromatic carbocycles. The van der Waals surface area contributed by atoms with Crippen molar-refractivity contribution in [2.75, 3.05) is 11.1 Å². The summed E-state index contributed by atoms with van der Waals surface area (Å²) in [6, 6.07) is 8.61. The number of anilines is 2. The number of nitro benzene ring substituents is 1. The van der Waals surface area contributed by atoms with E-state index in [0.717, 1.165) is 0 Å². The van der Waals surface area contributed by atoms with E-state index in [1.807, 2.05) is 0 Å². The topological polar surface area (TPSA) is 111 Å². The Morgan fingerprint density at radius 2 is 2.11 bits per heavy atom. The van der Waals surface area contributed by atoms with Crippen LogP contribution in [0, 0.1) is 10.1 Å². The van der Waals surface area contributed by atoms with Crippen LogP contribution in [0.15, 0.2) is 42.6 Å². The molecule has 3 N–H and O–H groups in total. The first-order chi connectivity index (χ1) is 9.06. The maximum Gasteiger partial charge on any atom is 0.270 e. The molecule has 1 amide bonds. The van der Waals surface area contributed by atoms with Crippen molar-refractivity contribution in [2.24, 2.45) is 0 Å². The van der Waals surface area contributed by atoms with Crippen molar-refractivity contribution in [3.8, 4) is 0 Å². The van der Waals surface area contributed by atoms with Crippen molar-refractivity contribution in [1.82, 2.24) is 4.98 Å². The van der Waals surface area contributed by atoms with Crippen molar-refractivity contribution in [3.63, 3.8) is 0 Å². The second-order valence-corrected chi connectivity index (χ2v) is 3.73. The fraction of sp³-hybridized carbons (Fsp3) is 0. The number of carbonyl (C=O) groups excluding carboxylic acids is 1. The number of hydrogen-bond donors (Lipinski definition) is 2. The molecule has 1 aromatic heterocycles. The van der Waals surface area contributed by atoms with Gasteiger partial charge in [0.2, 0.25) is 0 Å². The molecule has 7 heteroatoms. The summed E-state index contributed by atoms with van der Waals surface area (Å²) in [4.78, 5) is 25.8. The number of nitrogens with two attached hydrogens (primary N) is 1. The molecular formula is C12H10N4O3. The van der Waals surface area contributed by atoms with E-state index in [1.54, 1.807) is 12.1 Å². The summed E-state index contributed by atoms with van der Waals surface area (Å²) in [6.45, 7) is 0. The first-order valence-electron chi connectivity index (χ1n) is 5.33. The van der Waals surface area contributed by atoms with Crippen LogP contribution >= 0.6 is 0 Å². The van der Waals surface area contributed by atoms with Gasteiger partial charge in [-0.15, -0.1) is 0 Å². The van der Waals surface area contributed by atoms with Crippen LogP contribution in [0.3, 0.4) is 0 Å². The van der Waals surface area contributed by atoms with Gasteiger partial charge in [-0.05, 0) is 18.2 Å². The Bertz CT molecular complexity index is 625. The van der Waals surface area contributed by atoms with Crippen molar-refractivity contribution >= 4 is 23.1 Å². The molecule has 0 atom stereocenters. The minimum Gasteiger partial charge on any atom is -0.384 e. The number of hydrogen-bond acceptors (Lipinski definition) is 5. The highest BCUT2D eigenvalue weighted by Crippen LogP contribution is 2.15. The van der Waals surface area contributed by atoms with Crippen molar-refractivity contribution in [3.05, 3.63) is 58.3 Å². The van der Waals surface area contributed by atoms with Crippen LogP contribution in [0.5, 0.6) is 0 Å². The third-order valence-electron chi connectivity index (χ3n) is 2.36. The van der Waals surface area contributed by atoms with Gasteiger partial charge in [-0.3, -0.25) is 14.9 Å². The predicted molar refractivity (Wildman–Crippen MR) is 69.7 cm³/mol. The Morgan fingerprint density at radius 3 is 2.74 bits per heavy atom. The van der Waals surface area contributed by atoms with Crippen LogP contribution in [-0.4, -0.2) is 15.8 Å². The van der Waals surface area contributed by atoms with Gasteiger partial charge in [0.1, 0.15) is 5.82 Å². The molecule has 0 aliphatic carbocycles. The van der Waals surface area contributed by atoms with Gasteiger partial charge in [0.25, 0.3) is 11.6 Å². The SMILES string of the molecule is Nc1ccc(NC(=O)c2cccc([N+](=O)[O-])c2)cn1. The molecule has 7 nitrogen and oxygen atoms in total. The van der Waals surface area contributed by atoms with E-state index in [0.29, 0.717) is 11.5 Å². The minimum atomic E-state index is -0.554. The third kappa shape index (κ3) is 3.03. The number of aromatic nitrogens is 1. The zero-order valence-corrected chi connectivity index (χ0v) is 9.74. The van der Waals surface area contributed by atoms with Gasteiger partial charge in [0.15, 0.2) is 0 Å². The fourth-order valence-corrected chi connectivity index (χ4v) is 1.44. The molecule has 19 heavy (non-hydrogen) atoms. The Balaban J connectivity index is 2.18. The molecule has 0 aliphatic heterocycles. The summed E-state index contributed by atoms with van der Waals surface area (Å²) < 4.78 is 0.